The summed E-state index contributed by atoms with van der Waals surface area (Å²) in [6, 6.07) is 11.4. The van der Waals surface area contributed by atoms with Crippen LogP contribution in [0.1, 0.15) is 38.8 Å². The van der Waals surface area contributed by atoms with Crippen molar-refractivity contribution < 1.29 is 19.1 Å². The number of hydrogen-bond acceptors (Lipinski definition) is 8. The first-order valence-electron chi connectivity index (χ1n) is 11.9. The van der Waals surface area contributed by atoms with Gasteiger partial charge >= 0.3 is 11.8 Å². The molecule has 2 amide bonds. The minimum Gasteiger partial charge on any atom is -0.496 e. The van der Waals surface area contributed by atoms with Gasteiger partial charge < -0.3 is 19.3 Å². The number of carbonyl (C=O) groups excluding carboxylic acids is 2. The highest BCUT2D eigenvalue weighted by molar-refractivity contribution is 6.35. The summed E-state index contributed by atoms with van der Waals surface area (Å²) in [4.78, 5) is 28.5. The number of nitrogens with zero attached hydrogens (tertiary/aromatic N) is 4. The molecule has 36 heavy (non-hydrogen) atoms. The summed E-state index contributed by atoms with van der Waals surface area (Å²) in [6.07, 6.45) is 2.84. The molecule has 0 aliphatic rings. The largest absolute Gasteiger partial charge is 0.496 e. The molecule has 10 nitrogen and oxygen atoms in total. The van der Waals surface area contributed by atoms with E-state index in [0.717, 1.165) is 37.6 Å². The second-order valence-electron chi connectivity index (χ2n) is 7.60. The molecule has 2 N–H and O–H groups in total. The van der Waals surface area contributed by atoms with Gasteiger partial charge in [-0.2, -0.15) is 10.2 Å². The highest BCUT2D eigenvalue weighted by Crippen LogP contribution is 2.25. The van der Waals surface area contributed by atoms with Crippen molar-refractivity contribution in [3.63, 3.8) is 0 Å². The Kier molecular flexibility index (Phi) is 11.2. The SMILES string of the molecule is CCN(CC)c1ccc(/C=N\NC(=O)C(=O)N/N=C\c2ccc(N(CC)CC)cc2OC)c(OC)c1. The Morgan fingerprint density at radius 3 is 1.39 bits per heavy atom. The minimum absolute atomic E-state index is 0.604. The van der Waals surface area contributed by atoms with E-state index in [1.165, 1.54) is 12.4 Å². The van der Waals surface area contributed by atoms with Gasteiger partial charge in [0.25, 0.3) is 0 Å². The van der Waals surface area contributed by atoms with Gasteiger partial charge in [-0.15, -0.1) is 0 Å². The van der Waals surface area contributed by atoms with Crippen molar-refractivity contribution >= 4 is 35.6 Å². The first-order valence-corrected chi connectivity index (χ1v) is 11.9. The van der Waals surface area contributed by atoms with Crippen LogP contribution in [0.15, 0.2) is 46.6 Å². The Labute approximate surface area is 212 Å². The van der Waals surface area contributed by atoms with Gasteiger partial charge in [-0.1, -0.05) is 0 Å². The van der Waals surface area contributed by atoms with Crippen LogP contribution in [-0.4, -0.2) is 64.6 Å². The lowest BCUT2D eigenvalue weighted by molar-refractivity contribution is -0.139. The number of anilines is 2. The Hall–Kier alpha value is -4.08. The first-order chi connectivity index (χ1) is 17.4. The van der Waals surface area contributed by atoms with Crippen LogP contribution in [0, 0.1) is 0 Å². The molecule has 2 rings (SSSR count). The lowest BCUT2D eigenvalue weighted by Crippen LogP contribution is -2.35. The molecule has 0 atom stereocenters. The molecule has 10 heteroatoms. The zero-order chi connectivity index (χ0) is 26.5. The molecule has 0 aliphatic heterocycles. The summed E-state index contributed by atoms with van der Waals surface area (Å²) < 4.78 is 10.9. The molecule has 0 aliphatic carbocycles. The second kappa shape index (κ2) is 14.3. The smallest absolute Gasteiger partial charge is 0.331 e. The number of rotatable bonds is 12. The third-order valence-electron chi connectivity index (χ3n) is 5.64. The minimum atomic E-state index is -0.953. The molecule has 0 saturated carbocycles. The monoisotopic (exact) mass is 496 g/mol. The number of hydrogen-bond donors (Lipinski definition) is 2. The van der Waals surface area contributed by atoms with E-state index >= 15 is 0 Å². The van der Waals surface area contributed by atoms with E-state index in [1.807, 2.05) is 36.4 Å². The van der Waals surface area contributed by atoms with E-state index in [1.54, 1.807) is 14.2 Å². The Morgan fingerprint density at radius 1 is 0.722 bits per heavy atom. The van der Waals surface area contributed by atoms with E-state index in [2.05, 4.69) is 58.5 Å². The molecule has 0 heterocycles. The van der Waals surface area contributed by atoms with Crippen LogP contribution in [0.3, 0.4) is 0 Å². The standard InChI is InChI=1S/C26H36N6O4/c1-7-31(8-2)21-13-11-19(23(15-21)35-5)17-27-29-25(33)26(34)30-28-18-20-12-14-22(16-24(20)36-6)32(9-3)10-4/h11-18H,7-10H2,1-6H3,(H,29,33)(H,30,34)/b27-17-,28-18-. The van der Waals surface area contributed by atoms with Crippen LogP contribution in [0.5, 0.6) is 11.5 Å². The molecule has 0 unspecified atom stereocenters. The normalized spacial score (nSPS) is 10.9. The molecule has 0 aromatic heterocycles. The van der Waals surface area contributed by atoms with Crippen molar-refractivity contribution in [2.24, 2.45) is 10.2 Å². The number of nitrogens with one attached hydrogen (secondary N) is 2. The van der Waals surface area contributed by atoms with Crippen LogP contribution in [-0.2, 0) is 9.59 Å². The molecule has 2 aromatic rings. The fraction of sp³-hybridized carbons (Fsp3) is 0.385. The summed E-state index contributed by atoms with van der Waals surface area (Å²) in [7, 11) is 3.13. The zero-order valence-electron chi connectivity index (χ0n) is 21.9. The van der Waals surface area contributed by atoms with Crippen LogP contribution < -0.4 is 30.1 Å². The van der Waals surface area contributed by atoms with Gasteiger partial charge in [-0.25, -0.2) is 10.9 Å². The molecular weight excluding hydrogens is 460 g/mol. The summed E-state index contributed by atoms with van der Waals surface area (Å²) in [5, 5.41) is 7.73. The molecular formula is C26H36N6O4. The van der Waals surface area contributed by atoms with Gasteiger partial charge in [0, 0.05) is 60.8 Å². The number of carbonyl (C=O) groups is 2. The molecule has 0 radical (unpaired) electrons. The van der Waals surface area contributed by atoms with E-state index < -0.39 is 11.8 Å². The number of methoxy groups -OCH3 is 2. The molecule has 0 bridgehead atoms. The second-order valence-corrected chi connectivity index (χ2v) is 7.60. The summed E-state index contributed by atoms with van der Waals surface area (Å²) in [5.74, 6) is -0.697. The van der Waals surface area contributed by atoms with Crippen molar-refractivity contribution in [2.45, 2.75) is 27.7 Å². The molecule has 2 aromatic carbocycles. The van der Waals surface area contributed by atoms with E-state index in [9.17, 15) is 9.59 Å². The Morgan fingerprint density at radius 2 is 1.08 bits per heavy atom. The van der Waals surface area contributed by atoms with Crippen molar-refractivity contribution in [2.75, 3.05) is 50.2 Å². The van der Waals surface area contributed by atoms with Crippen LogP contribution >= 0.6 is 0 Å². The summed E-state index contributed by atoms with van der Waals surface area (Å²) >= 11 is 0. The quantitative estimate of drug-likeness (QED) is 0.266. The lowest BCUT2D eigenvalue weighted by Gasteiger charge is -2.22. The summed E-state index contributed by atoms with van der Waals surface area (Å²) in [5.41, 5.74) is 7.75. The zero-order valence-corrected chi connectivity index (χ0v) is 21.9. The topological polar surface area (TPSA) is 108 Å². The van der Waals surface area contributed by atoms with Gasteiger partial charge in [0.05, 0.1) is 26.6 Å². The molecule has 194 valence electrons. The lowest BCUT2D eigenvalue weighted by atomic mass is 10.2. The van der Waals surface area contributed by atoms with E-state index in [-0.39, 0.29) is 0 Å². The van der Waals surface area contributed by atoms with Crippen molar-refractivity contribution in [1.82, 2.24) is 10.9 Å². The van der Waals surface area contributed by atoms with Crippen LogP contribution in [0.2, 0.25) is 0 Å². The predicted octanol–water partition coefficient (Wildman–Crippen LogP) is 3.00. The number of hydrazone groups is 2. The third-order valence-corrected chi connectivity index (χ3v) is 5.64. The van der Waals surface area contributed by atoms with Crippen LogP contribution in [0.4, 0.5) is 11.4 Å². The van der Waals surface area contributed by atoms with Crippen molar-refractivity contribution in [3.05, 3.63) is 47.5 Å². The fourth-order valence-electron chi connectivity index (χ4n) is 3.61. The number of benzene rings is 2. The third kappa shape index (κ3) is 7.46. The average molecular weight is 497 g/mol. The van der Waals surface area contributed by atoms with Gasteiger partial charge in [-0.3, -0.25) is 9.59 Å². The van der Waals surface area contributed by atoms with E-state index in [0.29, 0.717) is 22.6 Å². The predicted molar refractivity (Wildman–Crippen MR) is 145 cm³/mol. The number of ether oxygens (including phenoxy) is 2. The van der Waals surface area contributed by atoms with E-state index in [4.69, 9.17) is 9.47 Å². The Balaban J connectivity index is 1.98. The highest BCUT2D eigenvalue weighted by atomic mass is 16.5. The summed E-state index contributed by atoms with van der Waals surface area (Å²) in [6.45, 7) is 11.8. The number of amides is 2. The van der Waals surface area contributed by atoms with Gasteiger partial charge in [0.15, 0.2) is 0 Å². The van der Waals surface area contributed by atoms with Crippen molar-refractivity contribution in [1.29, 1.82) is 0 Å². The highest BCUT2D eigenvalue weighted by Gasteiger charge is 2.12. The fourth-order valence-corrected chi connectivity index (χ4v) is 3.61. The molecule has 0 spiro atoms. The molecule has 0 saturated heterocycles. The van der Waals surface area contributed by atoms with Crippen LogP contribution in [0.25, 0.3) is 0 Å². The Bertz CT molecular complexity index is 993. The molecule has 0 fully saturated rings. The first kappa shape index (κ1) is 28.2. The van der Waals surface area contributed by atoms with Crippen molar-refractivity contribution in [3.8, 4) is 11.5 Å². The van der Waals surface area contributed by atoms with Gasteiger partial charge in [0.2, 0.25) is 0 Å². The maximum absolute atomic E-state index is 12.1. The average Bonchev–Trinajstić information content (AvgIpc) is 2.90. The maximum Gasteiger partial charge on any atom is 0.331 e. The van der Waals surface area contributed by atoms with Gasteiger partial charge in [0.1, 0.15) is 11.5 Å². The van der Waals surface area contributed by atoms with Gasteiger partial charge in [-0.05, 0) is 52.0 Å². The maximum atomic E-state index is 12.1.